The maximum Gasteiger partial charge on any atom is 0.308 e. The third-order valence-electron chi connectivity index (χ3n) is 2.99. The highest BCUT2D eigenvalue weighted by atomic mass is 79.9. The Kier molecular flexibility index (Phi) is 5.31. The van der Waals surface area contributed by atoms with E-state index in [9.17, 15) is 14.0 Å². The summed E-state index contributed by atoms with van der Waals surface area (Å²) in [6.45, 7) is 0.623. The molecule has 1 fully saturated rings. The molecule has 0 radical (unpaired) electrons. The van der Waals surface area contributed by atoms with Gasteiger partial charge in [0, 0.05) is 17.6 Å². The molecular formula is C12H12BrClFNO3. The van der Waals surface area contributed by atoms with Crippen LogP contribution in [-0.2, 0) is 4.79 Å². The van der Waals surface area contributed by atoms with Crippen molar-refractivity contribution in [2.45, 2.75) is 6.42 Å². The maximum atomic E-state index is 12.9. The lowest BCUT2D eigenvalue weighted by Gasteiger charge is -2.16. The van der Waals surface area contributed by atoms with Crippen LogP contribution in [0.5, 0.6) is 0 Å². The Bertz CT molecular complexity index is 512. The van der Waals surface area contributed by atoms with Crippen LogP contribution in [0.15, 0.2) is 22.7 Å². The predicted octanol–water partition coefficient (Wildman–Crippen LogP) is 2.56. The van der Waals surface area contributed by atoms with E-state index < -0.39 is 17.7 Å². The Morgan fingerprint density at radius 3 is 2.63 bits per heavy atom. The molecule has 1 unspecified atom stereocenters. The van der Waals surface area contributed by atoms with Gasteiger partial charge in [0.05, 0.1) is 11.5 Å². The molecule has 104 valence electrons. The summed E-state index contributed by atoms with van der Waals surface area (Å²) in [6.07, 6.45) is 0.458. The molecule has 1 N–H and O–H groups in total. The number of amides is 1. The number of aliphatic carboxylic acids is 1. The number of carboxylic acids is 1. The van der Waals surface area contributed by atoms with E-state index in [1.54, 1.807) is 0 Å². The van der Waals surface area contributed by atoms with Crippen molar-refractivity contribution in [3.8, 4) is 0 Å². The smallest absolute Gasteiger partial charge is 0.308 e. The van der Waals surface area contributed by atoms with E-state index in [1.807, 2.05) is 0 Å². The predicted molar refractivity (Wildman–Crippen MR) is 73.0 cm³/mol. The number of carboxylic acid groups (broad SMARTS) is 1. The van der Waals surface area contributed by atoms with E-state index in [1.165, 1.54) is 23.1 Å². The van der Waals surface area contributed by atoms with E-state index in [-0.39, 0.29) is 24.9 Å². The molecule has 1 saturated heterocycles. The van der Waals surface area contributed by atoms with E-state index in [2.05, 4.69) is 15.9 Å². The van der Waals surface area contributed by atoms with Gasteiger partial charge in [-0.2, -0.15) is 0 Å². The zero-order chi connectivity index (χ0) is 13.3. The van der Waals surface area contributed by atoms with Gasteiger partial charge in [0.1, 0.15) is 5.82 Å². The van der Waals surface area contributed by atoms with E-state index in [0.29, 0.717) is 23.0 Å². The monoisotopic (exact) mass is 351 g/mol. The van der Waals surface area contributed by atoms with Crippen LogP contribution in [0.1, 0.15) is 16.8 Å². The second-order valence-corrected chi connectivity index (χ2v) is 5.05. The van der Waals surface area contributed by atoms with Crippen molar-refractivity contribution in [3.63, 3.8) is 0 Å². The lowest BCUT2D eigenvalue weighted by Crippen LogP contribution is -2.30. The molecule has 0 spiro atoms. The van der Waals surface area contributed by atoms with Crippen LogP contribution in [0.2, 0.25) is 0 Å². The van der Waals surface area contributed by atoms with Gasteiger partial charge in [0.2, 0.25) is 0 Å². The van der Waals surface area contributed by atoms with Gasteiger partial charge in [-0.25, -0.2) is 4.39 Å². The van der Waals surface area contributed by atoms with Crippen LogP contribution in [0, 0.1) is 11.7 Å². The molecule has 4 nitrogen and oxygen atoms in total. The molecule has 1 aromatic rings. The summed E-state index contributed by atoms with van der Waals surface area (Å²) in [5, 5.41) is 8.88. The second kappa shape index (κ2) is 6.34. The summed E-state index contributed by atoms with van der Waals surface area (Å²) >= 11 is 3.14. The number of hydrogen-bond donors (Lipinski definition) is 1. The fourth-order valence-corrected chi connectivity index (χ4v) is 2.50. The van der Waals surface area contributed by atoms with Gasteiger partial charge in [-0.05, 0) is 40.5 Å². The second-order valence-electron chi connectivity index (χ2n) is 4.20. The molecule has 2 rings (SSSR count). The first-order chi connectivity index (χ1) is 8.49. The number of benzene rings is 1. The number of hydrogen-bond acceptors (Lipinski definition) is 2. The number of likely N-dealkylation sites (tertiary alicyclic amines) is 1. The van der Waals surface area contributed by atoms with Gasteiger partial charge in [-0.15, -0.1) is 12.4 Å². The topological polar surface area (TPSA) is 57.6 Å². The fraction of sp³-hybridized carbons (Fsp3) is 0.333. The minimum absolute atomic E-state index is 0. The highest BCUT2D eigenvalue weighted by Crippen LogP contribution is 2.23. The van der Waals surface area contributed by atoms with Crippen LogP contribution in [-0.4, -0.2) is 35.0 Å². The zero-order valence-corrected chi connectivity index (χ0v) is 12.2. The SMILES string of the molecule is Cl.O=C(O)C1CCN(C(=O)c2ccc(F)cc2Br)C1. The van der Waals surface area contributed by atoms with E-state index >= 15 is 0 Å². The fourth-order valence-electron chi connectivity index (χ4n) is 1.98. The summed E-state index contributed by atoms with van der Waals surface area (Å²) in [5.74, 6) is -2.09. The van der Waals surface area contributed by atoms with Crippen molar-refractivity contribution in [3.05, 3.63) is 34.1 Å². The first-order valence-corrected chi connectivity index (χ1v) is 6.25. The van der Waals surface area contributed by atoms with Gasteiger partial charge in [-0.1, -0.05) is 0 Å². The van der Waals surface area contributed by atoms with Gasteiger partial charge in [0.25, 0.3) is 5.91 Å². The highest BCUT2D eigenvalue weighted by Gasteiger charge is 2.31. The molecule has 1 aliphatic heterocycles. The average molecular weight is 353 g/mol. The normalized spacial score (nSPS) is 18.0. The number of carbonyl (C=O) groups excluding carboxylic acids is 1. The first kappa shape index (κ1) is 15.9. The number of halogens is 3. The molecule has 0 bridgehead atoms. The molecule has 1 amide bonds. The summed E-state index contributed by atoms with van der Waals surface area (Å²) in [6, 6.07) is 3.83. The summed E-state index contributed by atoms with van der Waals surface area (Å²) < 4.78 is 13.3. The quantitative estimate of drug-likeness (QED) is 0.890. The van der Waals surface area contributed by atoms with Crippen LogP contribution in [0.3, 0.4) is 0 Å². The van der Waals surface area contributed by atoms with E-state index in [0.717, 1.165) is 0 Å². The molecule has 19 heavy (non-hydrogen) atoms. The van der Waals surface area contributed by atoms with Crippen molar-refractivity contribution in [2.24, 2.45) is 5.92 Å². The minimum Gasteiger partial charge on any atom is -0.481 e. The lowest BCUT2D eigenvalue weighted by atomic mass is 10.1. The Morgan fingerprint density at radius 1 is 1.42 bits per heavy atom. The highest BCUT2D eigenvalue weighted by molar-refractivity contribution is 9.10. The standard InChI is InChI=1S/C12H11BrFNO3.ClH/c13-10-5-8(14)1-2-9(10)11(16)15-4-3-7(6-15)12(17)18;/h1-2,5,7H,3-4,6H2,(H,17,18);1H. The summed E-state index contributed by atoms with van der Waals surface area (Å²) in [4.78, 5) is 24.4. The van der Waals surface area contributed by atoms with Gasteiger partial charge in [0.15, 0.2) is 0 Å². The molecule has 1 atom stereocenters. The number of nitrogens with zero attached hydrogens (tertiary/aromatic N) is 1. The summed E-state index contributed by atoms with van der Waals surface area (Å²) in [5.41, 5.74) is 0.349. The van der Waals surface area contributed by atoms with Crippen LogP contribution >= 0.6 is 28.3 Å². The maximum absolute atomic E-state index is 12.9. The molecule has 1 aliphatic rings. The molecule has 1 aromatic carbocycles. The third kappa shape index (κ3) is 3.45. The van der Waals surface area contributed by atoms with Gasteiger partial charge < -0.3 is 10.0 Å². The zero-order valence-electron chi connectivity index (χ0n) is 9.81. The van der Waals surface area contributed by atoms with Crippen molar-refractivity contribution < 1.29 is 19.1 Å². The van der Waals surface area contributed by atoms with Gasteiger partial charge in [-0.3, -0.25) is 9.59 Å². The Balaban J connectivity index is 0.00000180. The number of carbonyl (C=O) groups is 2. The van der Waals surface area contributed by atoms with Crippen molar-refractivity contribution >= 4 is 40.2 Å². The third-order valence-corrected chi connectivity index (χ3v) is 3.64. The van der Waals surface area contributed by atoms with Crippen LogP contribution < -0.4 is 0 Å². The van der Waals surface area contributed by atoms with Crippen molar-refractivity contribution in [1.29, 1.82) is 0 Å². The molecule has 1 heterocycles. The molecule has 0 aromatic heterocycles. The lowest BCUT2D eigenvalue weighted by molar-refractivity contribution is -0.141. The summed E-state index contributed by atoms with van der Waals surface area (Å²) in [7, 11) is 0. The average Bonchev–Trinajstić information content (AvgIpc) is 2.77. The minimum atomic E-state index is -0.886. The van der Waals surface area contributed by atoms with Crippen LogP contribution in [0.4, 0.5) is 4.39 Å². The molecule has 7 heteroatoms. The van der Waals surface area contributed by atoms with Gasteiger partial charge >= 0.3 is 5.97 Å². The Labute approximate surface area is 124 Å². The molecular weight excluding hydrogens is 340 g/mol. The largest absolute Gasteiger partial charge is 0.481 e. The van der Waals surface area contributed by atoms with Crippen LogP contribution in [0.25, 0.3) is 0 Å². The van der Waals surface area contributed by atoms with E-state index in [4.69, 9.17) is 5.11 Å². The molecule has 0 aliphatic carbocycles. The Hall–Kier alpha value is -1.14. The Morgan fingerprint density at radius 2 is 2.11 bits per heavy atom. The number of rotatable bonds is 2. The van der Waals surface area contributed by atoms with Crippen molar-refractivity contribution in [2.75, 3.05) is 13.1 Å². The van der Waals surface area contributed by atoms with Crippen molar-refractivity contribution in [1.82, 2.24) is 4.90 Å². The first-order valence-electron chi connectivity index (χ1n) is 5.46. The molecule has 0 saturated carbocycles.